The van der Waals surface area contributed by atoms with E-state index in [4.69, 9.17) is 14.2 Å². The summed E-state index contributed by atoms with van der Waals surface area (Å²) in [6, 6.07) is 19.4. The van der Waals surface area contributed by atoms with Crippen LogP contribution in [-0.4, -0.2) is 50.1 Å². The van der Waals surface area contributed by atoms with Crippen LogP contribution in [0, 0.1) is 0 Å². The lowest BCUT2D eigenvalue weighted by Crippen LogP contribution is -2.18. The van der Waals surface area contributed by atoms with Crippen molar-refractivity contribution in [1.82, 2.24) is 19.7 Å². The third-order valence-electron chi connectivity index (χ3n) is 4.99. The first-order valence-electron chi connectivity index (χ1n) is 10.5. The number of ether oxygens (including phenoxy) is 3. The summed E-state index contributed by atoms with van der Waals surface area (Å²) in [6.07, 6.45) is 2.82. The molecule has 8 nitrogen and oxygen atoms in total. The third kappa shape index (κ3) is 5.00. The van der Waals surface area contributed by atoms with Gasteiger partial charge in [-0.3, -0.25) is 9.55 Å². The molecule has 0 radical (unpaired) electrons. The van der Waals surface area contributed by atoms with E-state index in [1.807, 2.05) is 65.2 Å². The average molecular weight is 463 g/mol. The van der Waals surface area contributed by atoms with Crippen molar-refractivity contribution in [2.45, 2.75) is 17.9 Å². The topological polar surface area (TPSA) is 91.5 Å². The number of fused-ring (bicyclic) bond motifs is 1. The minimum atomic E-state index is -0.660. The molecule has 9 heteroatoms. The molecule has 33 heavy (non-hydrogen) atoms. The van der Waals surface area contributed by atoms with Gasteiger partial charge in [0.1, 0.15) is 0 Å². The zero-order valence-electron chi connectivity index (χ0n) is 17.7. The van der Waals surface area contributed by atoms with Crippen molar-refractivity contribution in [1.29, 1.82) is 0 Å². The molecule has 0 aliphatic carbocycles. The molecule has 3 heterocycles. The van der Waals surface area contributed by atoms with Gasteiger partial charge in [0, 0.05) is 29.4 Å². The number of aliphatic hydroxyl groups excluding tert-OH is 1. The number of aromatic nitrogens is 4. The van der Waals surface area contributed by atoms with E-state index in [9.17, 15) is 5.11 Å². The summed E-state index contributed by atoms with van der Waals surface area (Å²) < 4.78 is 18.4. The van der Waals surface area contributed by atoms with Crippen molar-refractivity contribution in [2.24, 2.45) is 0 Å². The van der Waals surface area contributed by atoms with E-state index >= 15 is 0 Å². The van der Waals surface area contributed by atoms with Gasteiger partial charge in [-0.15, -0.1) is 10.2 Å². The van der Waals surface area contributed by atoms with Crippen molar-refractivity contribution in [2.75, 3.05) is 19.2 Å². The van der Waals surface area contributed by atoms with Crippen molar-refractivity contribution in [3.8, 4) is 28.6 Å². The number of pyridine rings is 1. The van der Waals surface area contributed by atoms with E-state index in [2.05, 4.69) is 15.2 Å². The van der Waals surface area contributed by atoms with Crippen LogP contribution in [0.2, 0.25) is 0 Å². The fourth-order valence-electron chi connectivity index (χ4n) is 3.42. The quantitative estimate of drug-likeness (QED) is 0.376. The second kappa shape index (κ2) is 10.0. The van der Waals surface area contributed by atoms with Crippen LogP contribution in [0.25, 0.3) is 17.1 Å². The number of rotatable bonds is 9. The zero-order chi connectivity index (χ0) is 22.5. The molecule has 168 valence electrons. The predicted molar refractivity (Wildman–Crippen MR) is 124 cm³/mol. The van der Waals surface area contributed by atoms with Gasteiger partial charge >= 0.3 is 0 Å². The summed E-state index contributed by atoms with van der Waals surface area (Å²) in [5.74, 6) is 2.57. The molecule has 1 aliphatic heterocycles. The first kappa shape index (κ1) is 21.4. The highest BCUT2D eigenvalue weighted by molar-refractivity contribution is 7.99. The molecule has 2 aromatic carbocycles. The number of para-hydroxylation sites is 1. The van der Waals surface area contributed by atoms with Crippen LogP contribution in [0.5, 0.6) is 11.5 Å². The Kier molecular flexibility index (Phi) is 6.52. The lowest BCUT2D eigenvalue weighted by Gasteiger charge is -2.13. The molecule has 4 aromatic rings. The van der Waals surface area contributed by atoms with Crippen LogP contribution in [0.1, 0.15) is 5.56 Å². The van der Waals surface area contributed by atoms with E-state index in [-0.39, 0.29) is 13.4 Å². The summed E-state index contributed by atoms with van der Waals surface area (Å²) in [4.78, 5) is 4.20. The summed E-state index contributed by atoms with van der Waals surface area (Å²) in [5, 5.41) is 19.9. The zero-order valence-corrected chi connectivity index (χ0v) is 18.5. The van der Waals surface area contributed by atoms with Gasteiger partial charge < -0.3 is 19.3 Å². The Bertz CT molecular complexity index is 1200. The first-order valence-corrected chi connectivity index (χ1v) is 11.4. The Morgan fingerprint density at radius 3 is 2.76 bits per heavy atom. The van der Waals surface area contributed by atoms with Gasteiger partial charge in [0.05, 0.1) is 19.3 Å². The molecular weight excluding hydrogens is 440 g/mol. The minimum absolute atomic E-state index is 0.205. The summed E-state index contributed by atoms with van der Waals surface area (Å²) in [7, 11) is 0. The number of aliphatic hydroxyl groups is 1. The van der Waals surface area contributed by atoms with E-state index in [0.29, 0.717) is 23.3 Å². The summed E-state index contributed by atoms with van der Waals surface area (Å²) in [6.45, 7) is 0.825. The molecular formula is C24H22N4O4S. The monoisotopic (exact) mass is 462 g/mol. The van der Waals surface area contributed by atoms with Crippen LogP contribution in [-0.2, 0) is 11.3 Å². The second-order valence-electron chi connectivity index (χ2n) is 7.39. The Morgan fingerprint density at radius 2 is 1.91 bits per heavy atom. The molecule has 0 amide bonds. The van der Waals surface area contributed by atoms with Gasteiger partial charge in [-0.05, 0) is 42.0 Å². The fraction of sp³-hybridized carbons (Fsp3) is 0.208. The molecule has 0 bridgehead atoms. The third-order valence-corrected chi connectivity index (χ3v) is 6.06. The van der Waals surface area contributed by atoms with Crippen LogP contribution in [0.4, 0.5) is 0 Å². The maximum Gasteiger partial charge on any atom is 0.231 e. The SMILES string of the molecule is OC(COCc1ccc2c(c1)OCO2)CSc1nnc(-c2cccnc2)n1-c1ccccc1. The number of hydrogen-bond acceptors (Lipinski definition) is 8. The summed E-state index contributed by atoms with van der Waals surface area (Å²) in [5.41, 5.74) is 2.77. The molecule has 1 atom stereocenters. The number of benzene rings is 2. The van der Waals surface area contributed by atoms with Gasteiger partial charge in [-0.2, -0.15) is 0 Å². The van der Waals surface area contributed by atoms with Gasteiger partial charge in [-0.25, -0.2) is 0 Å². The lowest BCUT2D eigenvalue weighted by atomic mass is 10.2. The number of hydrogen-bond donors (Lipinski definition) is 1. The van der Waals surface area contributed by atoms with Crippen molar-refractivity contribution in [3.05, 3.63) is 78.6 Å². The second-order valence-corrected chi connectivity index (χ2v) is 8.37. The normalized spacial score (nSPS) is 13.2. The lowest BCUT2D eigenvalue weighted by molar-refractivity contribution is 0.0397. The molecule has 1 N–H and O–H groups in total. The molecule has 2 aromatic heterocycles. The van der Waals surface area contributed by atoms with Gasteiger partial charge in [0.15, 0.2) is 22.5 Å². The summed E-state index contributed by atoms with van der Waals surface area (Å²) >= 11 is 1.43. The number of thioether (sulfide) groups is 1. The molecule has 5 rings (SSSR count). The van der Waals surface area contributed by atoms with Crippen molar-refractivity contribution in [3.63, 3.8) is 0 Å². The molecule has 0 spiro atoms. The van der Waals surface area contributed by atoms with E-state index in [0.717, 1.165) is 28.3 Å². The Hall–Kier alpha value is -3.40. The highest BCUT2D eigenvalue weighted by Gasteiger charge is 2.18. The number of nitrogens with zero attached hydrogens (tertiary/aromatic N) is 4. The standard InChI is InChI=1S/C24H22N4O4S/c29-20(14-30-13-17-8-9-21-22(11-17)32-16-31-21)15-33-24-27-26-23(18-5-4-10-25-12-18)28(24)19-6-2-1-3-7-19/h1-12,20,29H,13-16H2. The highest BCUT2D eigenvalue weighted by Crippen LogP contribution is 2.32. The Balaban J connectivity index is 1.22. The Labute approximate surface area is 195 Å². The molecule has 1 unspecified atom stereocenters. The van der Waals surface area contributed by atoms with Gasteiger partial charge in [0.2, 0.25) is 6.79 Å². The molecule has 0 fully saturated rings. The average Bonchev–Trinajstić information content (AvgIpc) is 3.50. The smallest absolute Gasteiger partial charge is 0.231 e. The van der Waals surface area contributed by atoms with Crippen molar-refractivity contribution >= 4 is 11.8 Å². The van der Waals surface area contributed by atoms with Crippen LogP contribution in [0.15, 0.2) is 78.2 Å². The minimum Gasteiger partial charge on any atom is -0.454 e. The van der Waals surface area contributed by atoms with Crippen LogP contribution < -0.4 is 9.47 Å². The highest BCUT2D eigenvalue weighted by atomic mass is 32.2. The van der Waals surface area contributed by atoms with Crippen molar-refractivity contribution < 1.29 is 19.3 Å². The molecule has 0 saturated heterocycles. The largest absolute Gasteiger partial charge is 0.454 e. The van der Waals surface area contributed by atoms with E-state index in [1.54, 1.807) is 12.4 Å². The van der Waals surface area contributed by atoms with Gasteiger partial charge in [0.25, 0.3) is 0 Å². The van der Waals surface area contributed by atoms with E-state index < -0.39 is 6.10 Å². The maximum atomic E-state index is 10.5. The maximum absolute atomic E-state index is 10.5. The molecule has 0 saturated carbocycles. The Morgan fingerprint density at radius 1 is 1.03 bits per heavy atom. The molecule has 1 aliphatic rings. The van der Waals surface area contributed by atoms with Crippen LogP contribution in [0.3, 0.4) is 0 Å². The first-order chi connectivity index (χ1) is 16.3. The fourth-order valence-corrected chi connectivity index (χ4v) is 4.27. The van der Waals surface area contributed by atoms with E-state index in [1.165, 1.54) is 11.8 Å². The van der Waals surface area contributed by atoms with Crippen LogP contribution >= 0.6 is 11.8 Å². The van der Waals surface area contributed by atoms with Gasteiger partial charge in [-0.1, -0.05) is 36.0 Å². The predicted octanol–water partition coefficient (Wildman–Crippen LogP) is 3.73.